The fourth-order valence-electron chi connectivity index (χ4n) is 2.03. The maximum Gasteiger partial charge on any atom is 0.333 e. The first kappa shape index (κ1) is 16.5. The highest BCUT2D eigenvalue weighted by atomic mass is 16.7. The van der Waals surface area contributed by atoms with Gasteiger partial charge in [-0.25, -0.2) is 4.79 Å². The minimum Gasteiger partial charge on any atom is -0.491 e. The van der Waals surface area contributed by atoms with Crippen LogP contribution in [0, 0.1) is 0 Å². The summed E-state index contributed by atoms with van der Waals surface area (Å²) >= 11 is 0. The van der Waals surface area contributed by atoms with Crippen molar-refractivity contribution < 1.29 is 23.7 Å². The van der Waals surface area contributed by atoms with Crippen LogP contribution < -0.4 is 4.74 Å². The van der Waals surface area contributed by atoms with E-state index in [-0.39, 0.29) is 12.7 Å². The van der Waals surface area contributed by atoms with Crippen LogP contribution in [0.5, 0.6) is 5.75 Å². The second-order valence-corrected chi connectivity index (χ2v) is 5.77. The maximum absolute atomic E-state index is 11.4. The molecule has 0 bridgehead atoms. The van der Waals surface area contributed by atoms with Gasteiger partial charge in [-0.15, -0.1) is 0 Å². The van der Waals surface area contributed by atoms with Gasteiger partial charge < -0.3 is 18.9 Å². The van der Waals surface area contributed by atoms with Gasteiger partial charge in [-0.05, 0) is 38.5 Å². The molecule has 22 heavy (non-hydrogen) atoms. The zero-order chi connectivity index (χ0) is 16.2. The Morgan fingerprint density at radius 3 is 2.86 bits per heavy atom. The molecule has 1 atom stereocenters. The second kappa shape index (κ2) is 6.94. The third kappa shape index (κ3) is 4.86. The number of hydrogen-bond donors (Lipinski definition) is 0. The lowest BCUT2D eigenvalue weighted by Gasteiger charge is -2.17. The third-order valence-corrected chi connectivity index (χ3v) is 3.12. The molecule has 0 saturated carbocycles. The Balaban J connectivity index is 1.84. The van der Waals surface area contributed by atoms with E-state index < -0.39 is 11.8 Å². The highest BCUT2D eigenvalue weighted by Crippen LogP contribution is 2.23. The smallest absolute Gasteiger partial charge is 0.333 e. The zero-order valence-electron chi connectivity index (χ0n) is 13.3. The van der Waals surface area contributed by atoms with Gasteiger partial charge in [-0.2, -0.15) is 0 Å². The molecule has 120 valence electrons. The average molecular weight is 306 g/mol. The molecule has 0 aliphatic carbocycles. The summed E-state index contributed by atoms with van der Waals surface area (Å²) in [6.07, 6.45) is -0.0834. The Bertz CT molecular complexity index is 550. The van der Waals surface area contributed by atoms with Gasteiger partial charge in [0.15, 0.2) is 5.79 Å². The van der Waals surface area contributed by atoms with Crippen LogP contribution in [-0.2, 0) is 25.6 Å². The molecule has 0 spiro atoms. The molecular weight excluding hydrogens is 284 g/mol. The van der Waals surface area contributed by atoms with E-state index in [1.54, 1.807) is 6.92 Å². The van der Waals surface area contributed by atoms with Gasteiger partial charge >= 0.3 is 5.97 Å². The van der Waals surface area contributed by atoms with Crippen LogP contribution in [0.3, 0.4) is 0 Å². The molecule has 2 rings (SSSR count). The summed E-state index contributed by atoms with van der Waals surface area (Å²) in [5, 5.41) is 0. The Morgan fingerprint density at radius 2 is 2.23 bits per heavy atom. The summed E-state index contributed by atoms with van der Waals surface area (Å²) in [7, 11) is 0. The highest BCUT2D eigenvalue weighted by molar-refractivity contribution is 5.86. The molecule has 1 fully saturated rings. The van der Waals surface area contributed by atoms with Crippen LogP contribution in [0.25, 0.3) is 0 Å². The van der Waals surface area contributed by atoms with E-state index in [1.165, 1.54) is 0 Å². The van der Waals surface area contributed by atoms with Gasteiger partial charge in [0.25, 0.3) is 0 Å². The Morgan fingerprint density at radius 1 is 1.45 bits per heavy atom. The number of rotatable bonds is 6. The Labute approximate surface area is 130 Å². The summed E-state index contributed by atoms with van der Waals surface area (Å²) in [6, 6.07) is 7.42. The minimum absolute atomic E-state index is 0.0834. The summed E-state index contributed by atoms with van der Waals surface area (Å²) in [5.74, 6) is -0.241. The normalized spacial score (nSPS) is 19.7. The van der Waals surface area contributed by atoms with Gasteiger partial charge in [0, 0.05) is 5.57 Å². The van der Waals surface area contributed by atoms with E-state index in [9.17, 15) is 4.79 Å². The standard InChI is InChI=1S/C17H22O5/c1-12(2)16(18)20-9-13-6-5-7-14(8-13)19-10-15-11-21-17(3,4)22-15/h5-8,15H,1,9-11H2,2-4H3. The molecule has 1 aromatic carbocycles. The van der Waals surface area contributed by atoms with Crippen LogP contribution >= 0.6 is 0 Å². The van der Waals surface area contributed by atoms with E-state index in [0.29, 0.717) is 24.5 Å². The molecule has 1 aliphatic rings. The van der Waals surface area contributed by atoms with Gasteiger partial charge in [0.05, 0.1) is 6.61 Å². The maximum atomic E-state index is 11.4. The number of benzene rings is 1. The Kier molecular flexibility index (Phi) is 5.21. The van der Waals surface area contributed by atoms with Crippen LogP contribution in [0.4, 0.5) is 0 Å². The topological polar surface area (TPSA) is 54.0 Å². The lowest BCUT2D eigenvalue weighted by atomic mass is 10.2. The summed E-state index contributed by atoms with van der Waals surface area (Å²) in [4.78, 5) is 11.4. The summed E-state index contributed by atoms with van der Waals surface area (Å²) < 4.78 is 22.0. The molecule has 1 heterocycles. The fourth-order valence-corrected chi connectivity index (χ4v) is 2.03. The molecule has 0 amide bonds. The SMILES string of the molecule is C=C(C)C(=O)OCc1cccc(OCC2COC(C)(C)O2)c1. The molecule has 5 heteroatoms. The van der Waals surface area contributed by atoms with Crippen molar-refractivity contribution in [3.63, 3.8) is 0 Å². The molecule has 1 aromatic rings. The first-order valence-corrected chi connectivity index (χ1v) is 7.22. The van der Waals surface area contributed by atoms with Crippen molar-refractivity contribution in [3.8, 4) is 5.75 Å². The number of esters is 1. The fraction of sp³-hybridized carbons (Fsp3) is 0.471. The van der Waals surface area contributed by atoms with E-state index in [1.807, 2.05) is 38.1 Å². The summed E-state index contributed by atoms with van der Waals surface area (Å²) in [6.45, 7) is 10.0. The molecule has 0 radical (unpaired) electrons. The number of carbonyl (C=O) groups excluding carboxylic acids is 1. The van der Waals surface area contributed by atoms with Gasteiger partial charge in [0.2, 0.25) is 0 Å². The molecule has 1 unspecified atom stereocenters. The minimum atomic E-state index is -0.549. The van der Waals surface area contributed by atoms with Crippen molar-refractivity contribution in [1.29, 1.82) is 0 Å². The van der Waals surface area contributed by atoms with E-state index in [4.69, 9.17) is 18.9 Å². The van der Waals surface area contributed by atoms with E-state index in [2.05, 4.69) is 6.58 Å². The average Bonchev–Trinajstić information content (AvgIpc) is 2.82. The molecule has 1 saturated heterocycles. The largest absolute Gasteiger partial charge is 0.491 e. The second-order valence-electron chi connectivity index (χ2n) is 5.77. The Hall–Kier alpha value is -1.85. The van der Waals surface area contributed by atoms with Gasteiger partial charge in [-0.3, -0.25) is 0 Å². The van der Waals surface area contributed by atoms with Crippen molar-refractivity contribution in [3.05, 3.63) is 42.0 Å². The monoisotopic (exact) mass is 306 g/mol. The molecular formula is C17H22O5. The first-order chi connectivity index (χ1) is 10.4. The highest BCUT2D eigenvalue weighted by Gasteiger charge is 2.32. The molecule has 0 N–H and O–H groups in total. The van der Waals surface area contributed by atoms with Crippen LogP contribution in [0.1, 0.15) is 26.3 Å². The molecule has 5 nitrogen and oxygen atoms in total. The van der Waals surface area contributed by atoms with Crippen molar-refractivity contribution in [2.45, 2.75) is 39.3 Å². The van der Waals surface area contributed by atoms with Crippen LogP contribution in [0.2, 0.25) is 0 Å². The van der Waals surface area contributed by atoms with Gasteiger partial charge in [0.1, 0.15) is 25.1 Å². The first-order valence-electron chi connectivity index (χ1n) is 7.22. The third-order valence-electron chi connectivity index (χ3n) is 3.12. The number of hydrogen-bond acceptors (Lipinski definition) is 5. The quantitative estimate of drug-likeness (QED) is 0.597. The predicted octanol–water partition coefficient (Wildman–Crippen LogP) is 2.84. The van der Waals surface area contributed by atoms with Crippen LogP contribution in [-0.4, -0.2) is 31.1 Å². The number of ether oxygens (including phenoxy) is 4. The van der Waals surface area contributed by atoms with Crippen molar-refractivity contribution in [2.24, 2.45) is 0 Å². The van der Waals surface area contributed by atoms with E-state index in [0.717, 1.165) is 5.56 Å². The molecule has 1 aliphatic heterocycles. The predicted molar refractivity (Wildman–Crippen MR) is 81.5 cm³/mol. The zero-order valence-corrected chi connectivity index (χ0v) is 13.3. The molecule has 0 aromatic heterocycles. The van der Waals surface area contributed by atoms with Crippen molar-refractivity contribution >= 4 is 5.97 Å². The lowest BCUT2D eigenvalue weighted by Crippen LogP contribution is -2.25. The lowest BCUT2D eigenvalue weighted by molar-refractivity contribution is -0.141. The van der Waals surface area contributed by atoms with E-state index >= 15 is 0 Å². The van der Waals surface area contributed by atoms with Crippen molar-refractivity contribution in [1.82, 2.24) is 0 Å². The van der Waals surface area contributed by atoms with Crippen molar-refractivity contribution in [2.75, 3.05) is 13.2 Å². The summed E-state index contributed by atoms with van der Waals surface area (Å²) in [5.41, 5.74) is 1.24. The van der Waals surface area contributed by atoms with Gasteiger partial charge in [-0.1, -0.05) is 18.7 Å². The van der Waals surface area contributed by atoms with Crippen LogP contribution in [0.15, 0.2) is 36.4 Å². The number of carbonyl (C=O) groups is 1.